The third-order valence-corrected chi connectivity index (χ3v) is 6.19. The Kier molecular flexibility index (Phi) is 9.23. The fraction of sp³-hybridized carbons (Fsp3) is 0.556. The molecule has 0 fully saturated rings. The summed E-state index contributed by atoms with van der Waals surface area (Å²) < 4.78 is 0. The van der Waals surface area contributed by atoms with Crippen LogP contribution in [-0.4, -0.2) is 0 Å². The van der Waals surface area contributed by atoms with E-state index in [9.17, 15) is 0 Å². The summed E-state index contributed by atoms with van der Waals surface area (Å²) in [4.78, 5) is 0. The Morgan fingerprint density at radius 3 is 1.95 bits per heavy atom. The van der Waals surface area contributed by atoms with Gasteiger partial charge in [-0.2, -0.15) is 0 Å². The van der Waals surface area contributed by atoms with Gasteiger partial charge >= 0.3 is 0 Å². The van der Waals surface area contributed by atoms with Gasteiger partial charge in [-0.15, -0.1) is 0 Å². The van der Waals surface area contributed by atoms with Gasteiger partial charge in [0.1, 0.15) is 0 Å². The highest BCUT2D eigenvalue weighted by molar-refractivity contribution is 7.86. The Labute approximate surface area is 131 Å². The topological polar surface area (TPSA) is 0 Å². The molecule has 0 nitrogen and oxygen atoms in total. The molecule has 1 aromatic rings. The number of allylic oxidation sites excluding steroid dienone is 2. The third kappa shape index (κ3) is 5.98. The van der Waals surface area contributed by atoms with E-state index in [1.165, 1.54) is 44.1 Å². The minimum absolute atomic E-state index is 0.537. The van der Waals surface area contributed by atoms with Crippen molar-refractivity contribution in [1.82, 2.24) is 0 Å². The lowest BCUT2D eigenvalue weighted by Gasteiger charge is -2.19. The second-order valence-electron chi connectivity index (χ2n) is 5.31. The second kappa shape index (κ2) is 10.4. The van der Waals surface area contributed by atoms with Gasteiger partial charge < -0.3 is 0 Å². The molecule has 20 heavy (non-hydrogen) atoms. The maximum atomic E-state index is 6.83. The summed E-state index contributed by atoms with van der Waals surface area (Å²) in [5, 5.41) is 1.58. The second-order valence-corrected chi connectivity index (χ2v) is 8.11. The van der Waals surface area contributed by atoms with Crippen LogP contribution in [0.5, 0.6) is 0 Å². The Bertz CT molecular complexity index is 389. The van der Waals surface area contributed by atoms with Crippen LogP contribution in [0, 0.1) is 0 Å². The minimum Gasteiger partial charge on any atom is -0.0912 e. The van der Waals surface area contributed by atoms with Gasteiger partial charge in [-0.3, -0.25) is 0 Å². The van der Waals surface area contributed by atoms with E-state index in [-0.39, 0.29) is 0 Å². The average Bonchev–Trinajstić information content (AvgIpc) is 2.45. The molecular formula is C18H28ClP. The van der Waals surface area contributed by atoms with Gasteiger partial charge in [0.25, 0.3) is 0 Å². The molecule has 0 amide bonds. The molecule has 1 rings (SSSR count). The van der Waals surface area contributed by atoms with Crippen molar-refractivity contribution in [2.75, 3.05) is 0 Å². The highest BCUT2D eigenvalue weighted by atomic mass is 35.7. The summed E-state index contributed by atoms with van der Waals surface area (Å²) in [7, 11) is -0.537. The number of hydrogen-bond acceptors (Lipinski definition) is 0. The van der Waals surface area contributed by atoms with Crippen LogP contribution >= 0.6 is 18.5 Å². The van der Waals surface area contributed by atoms with Crippen molar-refractivity contribution in [3.63, 3.8) is 0 Å². The first-order valence-electron chi connectivity index (χ1n) is 7.91. The van der Waals surface area contributed by atoms with Crippen LogP contribution in [0.1, 0.15) is 64.9 Å². The first-order chi connectivity index (χ1) is 9.72. The van der Waals surface area contributed by atoms with Gasteiger partial charge in [-0.1, -0.05) is 87.2 Å². The molecule has 0 radical (unpaired) electrons. The SMILES string of the molecule is CCCC(CCC)=C(CCC)P(Cl)Cc1ccccc1. The van der Waals surface area contributed by atoms with Crippen LogP contribution in [0.3, 0.4) is 0 Å². The normalized spacial score (nSPS) is 12.2. The van der Waals surface area contributed by atoms with Crippen LogP contribution in [-0.2, 0) is 6.16 Å². The van der Waals surface area contributed by atoms with E-state index >= 15 is 0 Å². The maximum absolute atomic E-state index is 6.83. The quantitative estimate of drug-likeness (QED) is 0.415. The predicted octanol–water partition coefficient (Wildman–Crippen LogP) is 7.48. The van der Waals surface area contributed by atoms with E-state index in [0.717, 1.165) is 6.16 Å². The number of rotatable bonds is 9. The molecule has 0 aromatic heterocycles. The summed E-state index contributed by atoms with van der Waals surface area (Å²) in [6, 6.07) is 10.7. The molecule has 1 unspecified atom stereocenters. The van der Waals surface area contributed by atoms with E-state index in [4.69, 9.17) is 11.2 Å². The van der Waals surface area contributed by atoms with Gasteiger partial charge in [-0.25, -0.2) is 0 Å². The molecule has 112 valence electrons. The molecule has 1 atom stereocenters. The smallest absolute Gasteiger partial charge is 0.0215 e. The minimum atomic E-state index is -0.537. The molecule has 0 aliphatic carbocycles. The molecular weight excluding hydrogens is 283 g/mol. The summed E-state index contributed by atoms with van der Waals surface area (Å²) in [5.41, 5.74) is 3.02. The van der Waals surface area contributed by atoms with Gasteiger partial charge in [0, 0.05) is 13.4 Å². The van der Waals surface area contributed by atoms with Crippen molar-refractivity contribution >= 4 is 18.5 Å². The Hall–Kier alpha value is -0.320. The molecule has 0 aliphatic heterocycles. The monoisotopic (exact) mass is 310 g/mol. The molecule has 0 saturated heterocycles. The van der Waals surface area contributed by atoms with Crippen molar-refractivity contribution in [2.45, 2.75) is 65.5 Å². The van der Waals surface area contributed by atoms with Crippen molar-refractivity contribution in [2.24, 2.45) is 0 Å². The van der Waals surface area contributed by atoms with Crippen molar-refractivity contribution < 1.29 is 0 Å². The van der Waals surface area contributed by atoms with E-state index in [1.54, 1.807) is 10.9 Å². The fourth-order valence-corrected chi connectivity index (χ4v) is 5.34. The van der Waals surface area contributed by atoms with Crippen molar-refractivity contribution in [3.05, 3.63) is 46.8 Å². The number of benzene rings is 1. The summed E-state index contributed by atoms with van der Waals surface area (Å²) >= 11 is 6.83. The van der Waals surface area contributed by atoms with Crippen LogP contribution < -0.4 is 0 Å². The zero-order valence-corrected chi connectivity index (χ0v) is 14.8. The Morgan fingerprint density at radius 1 is 0.900 bits per heavy atom. The van der Waals surface area contributed by atoms with Crippen LogP contribution in [0.4, 0.5) is 0 Å². The molecule has 0 aliphatic rings. The zero-order chi connectivity index (χ0) is 14.8. The molecule has 0 bridgehead atoms. The molecule has 0 N–H and O–H groups in total. The lowest BCUT2D eigenvalue weighted by molar-refractivity contribution is 0.782. The lowest BCUT2D eigenvalue weighted by atomic mass is 10.0. The summed E-state index contributed by atoms with van der Waals surface area (Å²) in [6.07, 6.45) is 8.31. The van der Waals surface area contributed by atoms with Crippen LogP contribution in [0.15, 0.2) is 41.2 Å². The van der Waals surface area contributed by atoms with Crippen LogP contribution in [0.2, 0.25) is 0 Å². The van der Waals surface area contributed by atoms with Gasteiger partial charge in [0.15, 0.2) is 0 Å². The summed E-state index contributed by atoms with van der Waals surface area (Å²) in [5.74, 6) is 0. The molecule has 0 saturated carbocycles. The van der Waals surface area contributed by atoms with Gasteiger partial charge in [0.2, 0.25) is 0 Å². The highest BCUT2D eigenvalue weighted by Crippen LogP contribution is 2.56. The highest BCUT2D eigenvalue weighted by Gasteiger charge is 2.15. The third-order valence-electron chi connectivity index (χ3n) is 3.46. The van der Waals surface area contributed by atoms with E-state index < -0.39 is 7.27 Å². The fourth-order valence-electron chi connectivity index (χ4n) is 2.56. The Morgan fingerprint density at radius 2 is 1.45 bits per heavy atom. The van der Waals surface area contributed by atoms with Gasteiger partial charge in [0.05, 0.1) is 0 Å². The summed E-state index contributed by atoms with van der Waals surface area (Å²) in [6.45, 7) is 6.80. The molecule has 0 heterocycles. The van der Waals surface area contributed by atoms with Crippen molar-refractivity contribution in [3.8, 4) is 0 Å². The average molecular weight is 311 g/mol. The largest absolute Gasteiger partial charge is 0.0912 e. The van der Waals surface area contributed by atoms with E-state index in [0.29, 0.717) is 0 Å². The number of halogens is 1. The van der Waals surface area contributed by atoms with E-state index in [1.807, 2.05) is 0 Å². The Balaban J connectivity index is 2.89. The van der Waals surface area contributed by atoms with Crippen LogP contribution in [0.25, 0.3) is 0 Å². The maximum Gasteiger partial charge on any atom is 0.0215 e. The number of hydrogen-bond donors (Lipinski definition) is 0. The molecule has 0 spiro atoms. The first kappa shape index (κ1) is 17.7. The zero-order valence-electron chi connectivity index (χ0n) is 13.2. The van der Waals surface area contributed by atoms with E-state index in [2.05, 4.69) is 51.1 Å². The van der Waals surface area contributed by atoms with Gasteiger partial charge in [-0.05, 0) is 30.1 Å². The first-order valence-corrected chi connectivity index (χ1v) is 10.3. The van der Waals surface area contributed by atoms with Crippen molar-refractivity contribution in [1.29, 1.82) is 0 Å². The molecule has 2 heteroatoms. The molecule has 1 aromatic carbocycles. The lowest BCUT2D eigenvalue weighted by Crippen LogP contribution is -1.93. The standard InChI is InChI=1S/C18H28ClP/c1-4-10-17(11-5-2)18(12-6-3)20(19)15-16-13-8-7-9-14-16/h7-9,13-14H,4-6,10-12,15H2,1-3H3. The predicted molar refractivity (Wildman–Crippen MR) is 94.7 cm³/mol.